The average Bonchev–Trinajstić information content (AvgIpc) is 2.54. The Morgan fingerprint density at radius 3 is 2.73 bits per heavy atom. The van der Waals surface area contributed by atoms with Crippen LogP contribution in [0.1, 0.15) is 15.9 Å². The van der Waals surface area contributed by atoms with Crippen LogP contribution in [-0.4, -0.2) is 48.0 Å². The Morgan fingerprint density at radius 1 is 1.23 bits per heavy atom. The molecule has 2 aromatic rings. The van der Waals surface area contributed by atoms with E-state index in [1.165, 1.54) is 0 Å². The van der Waals surface area contributed by atoms with Gasteiger partial charge >= 0.3 is 0 Å². The highest BCUT2D eigenvalue weighted by Crippen LogP contribution is 2.07. The van der Waals surface area contributed by atoms with Crippen LogP contribution < -0.4 is 10.6 Å². The average molecular weight is 299 g/mol. The standard InChI is InChI=1S/C16H21N5O/c1-21(2)9-8-18-16(22)14-5-6-15(20-12-14)19-11-13-4-3-7-17-10-13/h3-7,10,12H,8-9,11H2,1-2H3,(H,18,22)(H,19,20). The van der Waals surface area contributed by atoms with Crippen molar-refractivity contribution in [2.45, 2.75) is 6.54 Å². The number of rotatable bonds is 7. The third kappa shape index (κ3) is 5.14. The van der Waals surface area contributed by atoms with Gasteiger partial charge in [-0.3, -0.25) is 9.78 Å². The second-order valence-electron chi connectivity index (χ2n) is 5.21. The molecule has 0 radical (unpaired) electrons. The summed E-state index contributed by atoms with van der Waals surface area (Å²) < 4.78 is 0. The summed E-state index contributed by atoms with van der Waals surface area (Å²) >= 11 is 0. The smallest absolute Gasteiger partial charge is 0.252 e. The van der Waals surface area contributed by atoms with E-state index in [1.807, 2.05) is 31.1 Å². The lowest BCUT2D eigenvalue weighted by atomic mass is 10.2. The van der Waals surface area contributed by atoms with Crippen LogP contribution in [0.4, 0.5) is 5.82 Å². The van der Waals surface area contributed by atoms with E-state index >= 15 is 0 Å². The summed E-state index contributed by atoms with van der Waals surface area (Å²) in [5.74, 6) is 0.627. The highest BCUT2D eigenvalue weighted by Gasteiger charge is 2.05. The van der Waals surface area contributed by atoms with Gasteiger partial charge in [0, 0.05) is 38.2 Å². The predicted octanol–water partition coefficient (Wildman–Crippen LogP) is 1.38. The molecule has 2 aromatic heterocycles. The van der Waals surface area contributed by atoms with Gasteiger partial charge < -0.3 is 15.5 Å². The van der Waals surface area contributed by atoms with E-state index in [-0.39, 0.29) is 5.91 Å². The Balaban J connectivity index is 1.83. The fraction of sp³-hybridized carbons (Fsp3) is 0.312. The van der Waals surface area contributed by atoms with Crippen LogP contribution in [0.15, 0.2) is 42.9 Å². The van der Waals surface area contributed by atoms with Gasteiger partial charge in [-0.2, -0.15) is 0 Å². The summed E-state index contributed by atoms with van der Waals surface area (Å²) in [5, 5.41) is 6.05. The zero-order valence-corrected chi connectivity index (χ0v) is 12.9. The molecule has 2 rings (SSSR count). The number of nitrogens with zero attached hydrogens (tertiary/aromatic N) is 3. The maximum Gasteiger partial charge on any atom is 0.252 e. The van der Waals surface area contributed by atoms with Gasteiger partial charge in [0.15, 0.2) is 0 Å². The lowest BCUT2D eigenvalue weighted by molar-refractivity contribution is 0.0950. The minimum absolute atomic E-state index is 0.104. The second-order valence-corrected chi connectivity index (χ2v) is 5.21. The lowest BCUT2D eigenvalue weighted by Crippen LogP contribution is -2.31. The molecule has 6 heteroatoms. The number of hydrogen-bond donors (Lipinski definition) is 2. The number of amides is 1. The first-order valence-electron chi connectivity index (χ1n) is 7.17. The van der Waals surface area contributed by atoms with Crippen LogP contribution in [0.25, 0.3) is 0 Å². The van der Waals surface area contributed by atoms with Crippen LogP contribution in [0, 0.1) is 0 Å². The topological polar surface area (TPSA) is 70.2 Å². The molecule has 0 saturated carbocycles. The predicted molar refractivity (Wildman–Crippen MR) is 86.7 cm³/mol. The Kier molecular flexibility index (Phi) is 5.85. The van der Waals surface area contributed by atoms with Crippen molar-refractivity contribution in [2.75, 3.05) is 32.5 Å². The summed E-state index contributed by atoms with van der Waals surface area (Å²) in [7, 11) is 3.94. The summed E-state index contributed by atoms with van der Waals surface area (Å²) in [4.78, 5) is 22.2. The van der Waals surface area contributed by atoms with E-state index in [0.29, 0.717) is 18.7 Å². The van der Waals surface area contributed by atoms with Crippen molar-refractivity contribution in [1.29, 1.82) is 0 Å². The van der Waals surface area contributed by atoms with E-state index in [1.54, 1.807) is 30.7 Å². The monoisotopic (exact) mass is 299 g/mol. The number of aromatic nitrogens is 2. The van der Waals surface area contributed by atoms with Gasteiger partial charge in [0.05, 0.1) is 5.56 Å². The quantitative estimate of drug-likeness (QED) is 0.808. The number of pyridine rings is 2. The lowest BCUT2D eigenvalue weighted by Gasteiger charge is -2.10. The van der Waals surface area contributed by atoms with Crippen molar-refractivity contribution < 1.29 is 4.79 Å². The normalized spacial score (nSPS) is 10.5. The first-order valence-corrected chi connectivity index (χ1v) is 7.17. The Bertz CT molecular complexity index is 583. The summed E-state index contributed by atoms with van der Waals surface area (Å²) in [6, 6.07) is 7.46. The number of hydrogen-bond acceptors (Lipinski definition) is 5. The molecule has 0 fully saturated rings. The molecule has 0 aromatic carbocycles. The summed E-state index contributed by atoms with van der Waals surface area (Å²) in [6.45, 7) is 2.08. The molecule has 0 aliphatic rings. The van der Waals surface area contributed by atoms with Gasteiger partial charge in [-0.15, -0.1) is 0 Å². The van der Waals surface area contributed by atoms with Crippen LogP contribution in [0.2, 0.25) is 0 Å². The molecule has 0 aliphatic heterocycles. The van der Waals surface area contributed by atoms with Gasteiger partial charge in [-0.1, -0.05) is 6.07 Å². The van der Waals surface area contributed by atoms with E-state index < -0.39 is 0 Å². The van der Waals surface area contributed by atoms with Gasteiger partial charge in [0.2, 0.25) is 0 Å². The van der Waals surface area contributed by atoms with Crippen LogP contribution >= 0.6 is 0 Å². The fourth-order valence-corrected chi connectivity index (χ4v) is 1.82. The Morgan fingerprint density at radius 2 is 2.09 bits per heavy atom. The molecular weight excluding hydrogens is 278 g/mol. The Labute approximate surface area is 130 Å². The maximum atomic E-state index is 11.9. The molecule has 0 bridgehead atoms. The van der Waals surface area contributed by atoms with E-state index in [9.17, 15) is 4.79 Å². The Hall–Kier alpha value is -2.47. The van der Waals surface area contributed by atoms with E-state index in [4.69, 9.17) is 0 Å². The molecule has 0 atom stereocenters. The largest absolute Gasteiger partial charge is 0.366 e. The SMILES string of the molecule is CN(C)CCNC(=O)c1ccc(NCc2cccnc2)nc1. The highest BCUT2D eigenvalue weighted by atomic mass is 16.1. The molecule has 2 N–H and O–H groups in total. The molecule has 0 spiro atoms. The van der Waals surface area contributed by atoms with Crippen molar-refractivity contribution in [2.24, 2.45) is 0 Å². The van der Waals surface area contributed by atoms with Crippen molar-refractivity contribution in [3.05, 3.63) is 54.0 Å². The van der Waals surface area contributed by atoms with Crippen LogP contribution in [-0.2, 0) is 6.54 Å². The third-order valence-electron chi connectivity index (χ3n) is 3.07. The van der Waals surface area contributed by atoms with Gasteiger partial charge in [0.1, 0.15) is 5.82 Å². The fourth-order valence-electron chi connectivity index (χ4n) is 1.82. The molecular formula is C16H21N5O. The number of anilines is 1. The second kappa shape index (κ2) is 8.09. The first-order chi connectivity index (χ1) is 10.6. The van der Waals surface area contributed by atoms with Crippen LogP contribution in [0.5, 0.6) is 0 Å². The number of likely N-dealkylation sites (N-methyl/N-ethyl adjacent to an activating group) is 1. The highest BCUT2D eigenvalue weighted by molar-refractivity contribution is 5.94. The molecule has 116 valence electrons. The minimum Gasteiger partial charge on any atom is -0.366 e. The molecule has 6 nitrogen and oxygen atoms in total. The van der Waals surface area contributed by atoms with Crippen molar-refractivity contribution >= 4 is 11.7 Å². The molecule has 0 aliphatic carbocycles. The zero-order valence-electron chi connectivity index (χ0n) is 12.9. The van der Waals surface area contributed by atoms with Crippen LogP contribution in [0.3, 0.4) is 0 Å². The molecule has 0 unspecified atom stereocenters. The molecule has 1 amide bonds. The van der Waals surface area contributed by atoms with Gasteiger partial charge in [-0.05, 0) is 37.9 Å². The van der Waals surface area contributed by atoms with Crippen molar-refractivity contribution in [1.82, 2.24) is 20.2 Å². The van der Waals surface area contributed by atoms with Gasteiger partial charge in [-0.25, -0.2) is 4.98 Å². The minimum atomic E-state index is -0.104. The van der Waals surface area contributed by atoms with E-state index in [2.05, 4.69) is 20.6 Å². The number of carbonyl (C=O) groups is 1. The number of carbonyl (C=O) groups excluding carboxylic acids is 1. The van der Waals surface area contributed by atoms with Crippen molar-refractivity contribution in [3.63, 3.8) is 0 Å². The van der Waals surface area contributed by atoms with E-state index in [0.717, 1.165) is 17.9 Å². The molecule has 0 saturated heterocycles. The maximum absolute atomic E-state index is 11.9. The molecule has 2 heterocycles. The van der Waals surface area contributed by atoms with Crippen molar-refractivity contribution in [3.8, 4) is 0 Å². The van der Waals surface area contributed by atoms with Gasteiger partial charge in [0.25, 0.3) is 5.91 Å². The summed E-state index contributed by atoms with van der Waals surface area (Å²) in [5.41, 5.74) is 1.64. The summed E-state index contributed by atoms with van der Waals surface area (Å²) in [6.07, 6.45) is 5.13. The number of nitrogens with one attached hydrogen (secondary N) is 2. The molecule has 22 heavy (non-hydrogen) atoms. The zero-order chi connectivity index (χ0) is 15.8. The first kappa shape index (κ1) is 15.9. The third-order valence-corrected chi connectivity index (χ3v) is 3.07.